The van der Waals surface area contributed by atoms with Crippen molar-refractivity contribution in [3.05, 3.63) is 64.2 Å². The molecular weight excluding hydrogens is 276 g/mol. The summed E-state index contributed by atoms with van der Waals surface area (Å²) in [6.45, 7) is 3.98. The molecule has 0 spiro atoms. The van der Waals surface area contributed by atoms with Crippen molar-refractivity contribution in [2.24, 2.45) is 0 Å². The molecule has 0 bridgehead atoms. The fourth-order valence-corrected chi connectivity index (χ4v) is 2.79. The second-order valence-corrected chi connectivity index (χ2v) is 5.95. The highest BCUT2D eigenvalue weighted by Crippen LogP contribution is 2.22. The smallest absolute Gasteiger partial charge is 0.173 e. The summed E-state index contributed by atoms with van der Waals surface area (Å²) >= 11 is 7.59. The number of carbonyl (C=O) groups excluding carboxylic acids is 1. The van der Waals surface area contributed by atoms with Crippen LogP contribution in [0.25, 0.3) is 0 Å². The van der Waals surface area contributed by atoms with Gasteiger partial charge in [0.1, 0.15) is 0 Å². The number of benzene rings is 2. The van der Waals surface area contributed by atoms with E-state index < -0.39 is 0 Å². The minimum absolute atomic E-state index is 0.105. The number of aryl methyl sites for hydroxylation is 2. The fourth-order valence-electron chi connectivity index (χ4n) is 1.70. The van der Waals surface area contributed by atoms with Crippen molar-refractivity contribution in [3.8, 4) is 0 Å². The molecule has 0 atom stereocenters. The quantitative estimate of drug-likeness (QED) is 0.586. The number of thioether (sulfide) groups is 1. The van der Waals surface area contributed by atoms with Crippen molar-refractivity contribution < 1.29 is 4.79 Å². The number of hydrogen-bond acceptors (Lipinski definition) is 2. The molecule has 0 N–H and O–H groups in total. The molecule has 0 amide bonds. The van der Waals surface area contributed by atoms with Gasteiger partial charge in [0.15, 0.2) is 5.78 Å². The van der Waals surface area contributed by atoms with Gasteiger partial charge in [0.25, 0.3) is 0 Å². The molecule has 0 aromatic heterocycles. The molecule has 2 rings (SSSR count). The average Bonchev–Trinajstić information content (AvgIpc) is 2.39. The molecule has 0 aliphatic rings. The summed E-state index contributed by atoms with van der Waals surface area (Å²) in [5.74, 6) is 0.538. The van der Waals surface area contributed by atoms with Crippen LogP contribution in [0.2, 0.25) is 5.02 Å². The Morgan fingerprint density at radius 2 is 1.95 bits per heavy atom. The van der Waals surface area contributed by atoms with Gasteiger partial charge in [0, 0.05) is 15.5 Å². The summed E-state index contributed by atoms with van der Waals surface area (Å²) in [6.07, 6.45) is 0. The van der Waals surface area contributed by atoms with Gasteiger partial charge in [-0.1, -0.05) is 41.4 Å². The summed E-state index contributed by atoms with van der Waals surface area (Å²) in [5.41, 5.74) is 2.87. The van der Waals surface area contributed by atoms with Crippen LogP contribution in [0.3, 0.4) is 0 Å². The van der Waals surface area contributed by atoms with E-state index in [2.05, 4.69) is 6.07 Å². The monoisotopic (exact) mass is 290 g/mol. The van der Waals surface area contributed by atoms with Crippen LogP contribution in [0, 0.1) is 13.8 Å². The van der Waals surface area contributed by atoms with Crippen molar-refractivity contribution in [3.63, 3.8) is 0 Å². The van der Waals surface area contributed by atoms with Crippen LogP contribution in [-0.4, -0.2) is 11.5 Å². The Kier molecular flexibility index (Phi) is 4.67. The Hall–Kier alpha value is -1.25. The number of rotatable bonds is 4. The predicted octanol–water partition coefficient (Wildman–Crippen LogP) is 4.93. The standard InChI is InChI=1S/C16H15ClOS/c1-11-4-3-5-14(8-11)19-10-16(18)13-7-6-12(2)15(17)9-13/h3-9H,10H2,1-2H3. The molecule has 0 fully saturated rings. The lowest BCUT2D eigenvalue weighted by atomic mass is 10.1. The largest absolute Gasteiger partial charge is 0.293 e. The molecule has 0 saturated heterocycles. The SMILES string of the molecule is Cc1cccc(SCC(=O)c2ccc(C)c(Cl)c2)c1. The Balaban J connectivity index is 2.03. The lowest BCUT2D eigenvalue weighted by Gasteiger charge is -2.04. The maximum absolute atomic E-state index is 12.1. The Bertz CT molecular complexity index is 607. The average molecular weight is 291 g/mol. The van der Waals surface area contributed by atoms with Gasteiger partial charge in [-0.15, -0.1) is 11.8 Å². The normalized spacial score (nSPS) is 10.5. The first-order chi connectivity index (χ1) is 9.06. The zero-order chi connectivity index (χ0) is 13.8. The topological polar surface area (TPSA) is 17.1 Å². The fraction of sp³-hybridized carbons (Fsp3) is 0.188. The number of Topliss-reactive ketones (excluding diaryl/α,β-unsaturated/α-hetero) is 1. The van der Waals surface area contributed by atoms with Gasteiger partial charge in [0.05, 0.1) is 5.75 Å². The summed E-state index contributed by atoms with van der Waals surface area (Å²) < 4.78 is 0. The minimum Gasteiger partial charge on any atom is -0.293 e. The third-order valence-corrected chi connectivity index (χ3v) is 4.25. The number of ketones is 1. The predicted molar refractivity (Wildman–Crippen MR) is 82.4 cm³/mol. The first kappa shape index (κ1) is 14.2. The van der Waals surface area contributed by atoms with Gasteiger partial charge < -0.3 is 0 Å². The summed E-state index contributed by atoms with van der Waals surface area (Å²) in [6, 6.07) is 13.6. The first-order valence-electron chi connectivity index (χ1n) is 6.05. The lowest BCUT2D eigenvalue weighted by molar-refractivity contribution is 0.102. The van der Waals surface area contributed by atoms with E-state index in [1.165, 1.54) is 5.56 Å². The molecule has 0 aliphatic carbocycles. The van der Waals surface area contributed by atoms with Gasteiger partial charge in [-0.2, -0.15) is 0 Å². The molecule has 2 aromatic rings. The zero-order valence-corrected chi connectivity index (χ0v) is 12.5. The zero-order valence-electron chi connectivity index (χ0n) is 10.9. The van der Waals surface area contributed by atoms with E-state index in [0.717, 1.165) is 10.5 Å². The van der Waals surface area contributed by atoms with Crippen LogP contribution < -0.4 is 0 Å². The van der Waals surface area contributed by atoms with Crippen molar-refractivity contribution in [1.82, 2.24) is 0 Å². The second kappa shape index (κ2) is 6.27. The van der Waals surface area contributed by atoms with Crippen molar-refractivity contribution >= 4 is 29.1 Å². The molecule has 0 unspecified atom stereocenters. The highest BCUT2D eigenvalue weighted by molar-refractivity contribution is 8.00. The van der Waals surface area contributed by atoms with Crippen LogP contribution in [0.4, 0.5) is 0 Å². The maximum Gasteiger partial charge on any atom is 0.173 e. The molecule has 2 aromatic carbocycles. The lowest BCUT2D eigenvalue weighted by Crippen LogP contribution is -2.02. The summed E-state index contributed by atoms with van der Waals surface area (Å²) in [4.78, 5) is 13.2. The van der Waals surface area contributed by atoms with E-state index in [4.69, 9.17) is 11.6 Å². The molecule has 3 heteroatoms. The molecular formula is C16H15ClOS. The third-order valence-electron chi connectivity index (χ3n) is 2.85. The Morgan fingerprint density at radius 1 is 1.16 bits per heavy atom. The molecule has 98 valence electrons. The van der Waals surface area contributed by atoms with Gasteiger partial charge in [0.2, 0.25) is 0 Å². The summed E-state index contributed by atoms with van der Waals surface area (Å²) in [7, 11) is 0. The van der Waals surface area contributed by atoms with Crippen LogP contribution in [0.15, 0.2) is 47.4 Å². The molecule has 1 nitrogen and oxygen atoms in total. The Labute approximate surface area is 123 Å². The molecule has 0 radical (unpaired) electrons. The number of carbonyl (C=O) groups is 1. The van der Waals surface area contributed by atoms with Gasteiger partial charge in [-0.3, -0.25) is 4.79 Å². The Morgan fingerprint density at radius 3 is 2.63 bits per heavy atom. The first-order valence-corrected chi connectivity index (χ1v) is 7.41. The number of hydrogen-bond donors (Lipinski definition) is 0. The van der Waals surface area contributed by atoms with E-state index in [1.807, 2.05) is 44.2 Å². The molecule has 0 aliphatic heterocycles. The summed E-state index contributed by atoms with van der Waals surface area (Å²) in [5, 5.41) is 0.645. The van der Waals surface area contributed by atoms with Gasteiger partial charge in [-0.05, 0) is 37.6 Å². The minimum atomic E-state index is 0.105. The number of halogens is 1. The van der Waals surface area contributed by atoms with Crippen LogP contribution in [0.1, 0.15) is 21.5 Å². The van der Waals surface area contributed by atoms with E-state index in [9.17, 15) is 4.79 Å². The van der Waals surface area contributed by atoms with E-state index in [1.54, 1.807) is 17.8 Å². The van der Waals surface area contributed by atoms with Crippen molar-refractivity contribution in [2.45, 2.75) is 18.7 Å². The van der Waals surface area contributed by atoms with Gasteiger partial charge in [-0.25, -0.2) is 0 Å². The molecule has 19 heavy (non-hydrogen) atoms. The van der Waals surface area contributed by atoms with Crippen LogP contribution >= 0.6 is 23.4 Å². The third kappa shape index (κ3) is 3.85. The van der Waals surface area contributed by atoms with Gasteiger partial charge >= 0.3 is 0 Å². The maximum atomic E-state index is 12.1. The second-order valence-electron chi connectivity index (χ2n) is 4.49. The highest BCUT2D eigenvalue weighted by Gasteiger charge is 2.08. The molecule has 0 saturated carbocycles. The van der Waals surface area contributed by atoms with Crippen LogP contribution in [0.5, 0.6) is 0 Å². The molecule has 0 heterocycles. The van der Waals surface area contributed by atoms with Crippen LogP contribution in [-0.2, 0) is 0 Å². The van der Waals surface area contributed by atoms with Crippen molar-refractivity contribution in [1.29, 1.82) is 0 Å². The van der Waals surface area contributed by atoms with E-state index in [-0.39, 0.29) is 5.78 Å². The van der Waals surface area contributed by atoms with E-state index in [0.29, 0.717) is 16.3 Å². The van der Waals surface area contributed by atoms with Crippen molar-refractivity contribution in [2.75, 3.05) is 5.75 Å². The van der Waals surface area contributed by atoms with E-state index >= 15 is 0 Å². The highest BCUT2D eigenvalue weighted by atomic mass is 35.5.